The number of Topliss-reactive ketones (excluding diaryl/α,β-unsaturated/α-hetero) is 1. The molecular weight excluding hydrogens is 415 g/mol. The molecule has 2 rings (SSSR count). The van der Waals surface area contributed by atoms with Crippen molar-refractivity contribution in [3.8, 4) is 0 Å². The Hall–Kier alpha value is -0.778. The number of benzene rings is 1. The maximum absolute atomic E-state index is 12.5. The molecule has 0 radical (unpaired) electrons. The normalized spacial score (nSPS) is 19.2. The standard InChI is InChI=1S/C15H16NO.Tl/c1-11-7-6-8-13(12(11)2)15(17)14-9-4-3-5-10-16-14;/h5-10H,3-4H2,1-2H3;. The van der Waals surface area contributed by atoms with Crippen molar-refractivity contribution in [2.45, 2.75) is 30.2 Å². The Morgan fingerprint density at radius 3 is 2.94 bits per heavy atom. The quantitative estimate of drug-likeness (QED) is 0.523. The molecule has 1 unspecified atom stereocenters. The van der Waals surface area contributed by atoms with Gasteiger partial charge in [-0.3, -0.25) is 0 Å². The van der Waals surface area contributed by atoms with E-state index >= 15 is 0 Å². The predicted octanol–water partition coefficient (Wildman–Crippen LogP) is 3.19. The molecule has 1 aliphatic heterocycles. The summed E-state index contributed by atoms with van der Waals surface area (Å²) in [5.41, 5.74) is 3.62. The van der Waals surface area contributed by atoms with Crippen molar-refractivity contribution >= 4 is 37.8 Å². The van der Waals surface area contributed by atoms with Crippen LogP contribution < -0.4 is 0 Å². The van der Waals surface area contributed by atoms with Crippen molar-refractivity contribution in [1.29, 1.82) is 0 Å². The summed E-state index contributed by atoms with van der Waals surface area (Å²) in [6.07, 6.45) is 6.06. The second-order valence-electron chi connectivity index (χ2n) is 4.69. The number of carbonyl (C=O) groups is 1. The van der Waals surface area contributed by atoms with Gasteiger partial charge in [-0.2, -0.15) is 0 Å². The molecule has 90 valence electrons. The molecule has 1 aliphatic rings. The van der Waals surface area contributed by atoms with Gasteiger partial charge in [0.15, 0.2) is 0 Å². The van der Waals surface area contributed by atoms with Crippen LogP contribution >= 0.6 is 0 Å². The van der Waals surface area contributed by atoms with Crippen molar-refractivity contribution in [1.82, 2.24) is 0 Å². The molecule has 18 heavy (non-hydrogen) atoms. The number of ketones is 1. The second-order valence-corrected chi connectivity index (χ2v) is 8.01. The van der Waals surface area contributed by atoms with Crippen LogP contribution in [-0.2, 0) is 0 Å². The summed E-state index contributed by atoms with van der Waals surface area (Å²) in [4.78, 5) is 16.8. The van der Waals surface area contributed by atoms with E-state index in [0.29, 0.717) is 9.17 Å². The first-order chi connectivity index (χ1) is 8.59. The van der Waals surface area contributed by atoms with E-state index in [0.717, 1.165) is 55.3 Å². The minimum atomic E-state index is 0.0616. The van der Waals surface area contributed by atoms with E-state index < -0.39 is 0 Å². The van der Waals surface area contributed by atoms with Gasteiger partial charge in [0.05, 0.1) is 0 Å². The van der Waals surface area contributed by atoms with Crippen LogP contribution in [0.25, 0.3) is 0 Å². The van der Waals surface area contributed by atoms with E-state index in [9.17, 15) is 4.79 Å². The third-order valence-corrected chi connectivity index (χ3v) is 5.29. The van der Waals surface area contributed by atoms with Gasteiger partial charge < -0.3 is 0 Å². The first-order valence-corrected chi connectivity index (χ1v) is 8.79. The molecule has 0 aliphatic carbocycles. The van der Waals surface area contributed by atoms with Crippen LogP contribution in [0.4, 0.5) is 0 Å². The summed E-state index contributed by atoms with van der Waals surface area (Å²) in [7, 11) is 0. The van der Waals surface area contributed by atoms with E-state index in [1.807, 2.05) is 44.3 Å². The molecule has 1 aromatic carbocycles. The van der Waals surface area contributed by atoms with Crippen molar-refractivity contribution in [3.63, 3.8) is 0 Å². The molecule has 1 heterocycles. The Morgan fingerprint density at radius 1 is 1.39 bits per heavy atom. The third-order valence-electron chi connectivity index (χ3n) is 3.32. The fourth-order valence-electron chi connectivity index (χ4n) is 2.00. The monoisotopic (exact) mass is 431 g/mol. The number of nitrogens with zero attached hydrogens (tertiary/aromatic N) is 1. The number of hydrogen-bond acceptors (Lipinski definition) is 2. The van der Waals surface area contributed by atoms with Gasteiger partial charge in [0.1, 0.15) is 0 Å². The molecule has 1 atom stereocenters. The maximum atomic E-state index is 12.5. The van der Waals surface area contributed by atoms with Crippen LogP contribution in [0.3, 0.4) is 0 Å². The molecule has 3 heteroatoms. The van der Waals surface area contributed by atoms with Gasteiger partial charge in [0.25, 0.3) is 0 Å². The summed E-state index contributed by atoms with van der Waals surface area (Å²) in [6, 6.07) is 5.87. The topological polar surface area (TPSA) is 29.4 Å². The number of hydrogen-bond donors (Lipinski definition) is 0. The fourth-order valence-corrected chi connectivity index (χ4v) is 3.08. The molecule has 0 aromatic heterocycles. The Labute approximate surface area is 124 Å². The summed E-state index contributed by atoms with van der Waals surface area (Å²) < 4.78 is 0.616. The SMILES string of the molecule is Cc1cccc(C(=O)C2=CCC[CH]([Tl])C=N2)c1C. The van der Waals surface area contributed by atoms with Gasteiger partial charge >= 0.3 is 124 Å². The molecule has 0 fully saturated rings. The van der Waals surface area contributed by atoms with Crippen molar-refractivity contribution in [2.24, 2.45) is 4.99 Å². The molecule has 2 nitrogen and oxygen atoms in total. The number of allylic oxidation sites excluding steroid dienone is 2. The Bertz CT molecular complexity index is 531. The van der Waals surface area contributed by atoms with Crippen LogP contribution in [0.1, 0.15) is 34.3 Å². The molecule has 0 spiro atoms. The van der Waals surface area contributed by atoms with Crippen molar-refractivity contribution in [3.05, 3.63) is 46.7 Å². The first-order valence-electron chi connectivity index (χ1n) is 6.20. The zero-order valence-corrected chi connectivity index (χ0v) is 15.3. The molecular formula is C15H16NOTl. The van der Waals surface area contributed by atoms with Gasteiger partial charge in [0.2, 0.25) is 0 Å². The van der Waals surface area contributed by atoms with Crippen LogP contribution in [0.2, 0.25) is 3.48 Å². The van der Waals surface area contributed by atoms with Gasteiger partial charge in [-0.1, -0.05) is 0 Å². The van der Waals surface area contributed by atoms with Crippen LogP contribution in [0.5, 0.6) is 0 Å². The summed E-state index contributed by atoms with van der Waals surface area (Å²) in [5, 5.41) is 0. The van der Waals surface area contributed by atoms with Gasteiger partial charge in [-0.25, -0.2) is 0 Å². The molecule has 0 N–H and O–H groups in total. The Morgan fingerprint density at radius 2 is 2.17 bits per heavy atom. The number of aliphatic imine (C=N–C) groups is 1. The molecule has 0 amide bonds. The predicted molar refractivity (Wildman–Crippen MR) is 75.6 cm³/mol. The van der Waals surface area contributed by atoms with Crippen LogP contribution in [0, 0.1) is 13.8 Å². The zero-order valence-electron chi connectivity index (χ0n) is 10.8. The van der Waals surface area contributed by atoms with Crippen LogP contribution in [-0.4, -0.2) is 37.8 Å². The van der Waals surface area contributed by atoms with Crippen LogP contribution in [0.15, 0.2) is 35.0 Å². The second kappa shape index (κ2) is 5.91. The van der Waals surface area contributed by atoms with Gasteiger partial charge in [-0.15, -0.1) is 0 Å². The van der Waals surface area contributed by atoms with E-state index in [1.54, 1.807) is 0 Å². The first kappa shape index (κ1) is 13.6. The summed E-state index contributed by atoms with van der Waals surface area (Å²) in [5.74, 6) is 0.0616. The zero-order chi connectivity index (χ0) is 13.1. The van der Waals surface area contributed by atoms with Gasteiger partial charge in [-0.05, 0) is 0 Å². The van der Waals surface area contributed by atoms with Crippen molar-refractivity contribution < 1.29 is 4.79 Å². The van der Waals surface area contributed by atoms with E-state index in [2.05, 4.69) is 4.99 Å². The average Bonchev–Trinajstić information content (AvgIpc) is 2.57. The molecule has 1 aromatic rings. The average molecular weight is 431 g/mol. The molecule has 0 saturated heterocycles. The third kappa shape index (κ3) is 2.97. The molecule has 0 saturated carbocycles. The minimum absolute atomic E-state index is 0.0616. The number of aryl methyl sites for hydroxylation is 1. The number of carbonyl (C=O) groups excluding carboxylic acids is 1. The summed E-state index contributed by atoms with van der Waals surface area (Å²) >= 11 is 0.905. The van der Waals surface area contributed by atoms with E-state index in [1.165, 1.54) is 0 Å². The van der Waals surface area contributed by atoms with E-state index in [-0.39, 0.29) is 5.78 Å². The summed E-state index contributed by atoms with van der Waals surface area (Å²) in [6.45, 7) is 4.03. The Kier molecular flexibility index (Phi) is 4.48. The van der Waals surface area contributed by atoms with E-state index in [4.69, 9.17) is 0 Å². The van der Waals surface area contributed by atoms with Gasteiger partial charge in [0, 0.05) is 0 Å². The Balaban J connectivity index is 2.34. The number of rotatable bonds is 2. The fraction of sp³-hybridized carbons (Fsp3) is 0.333. The van der Waals surface area contributed by atoms with Crippen molar-refractivity contribution in [2.75, 3.05) is 0 Å². The molecule has 0 bridgehead atoms.